The van der Waals surface area contributed by atoms with Gasteiger partial charge >= 0.3 is 0 Å². The zero-order valence-corrected chi connectivity index (χ0v) is 17.4. The van der Waals surface area contributed by atoms with Crippen LogP contribution < -0.4 is 14.4 Å². The van der Waals surface area contributed by atoms with Gasteiger partial charge in [-0.2, -0.15) is 0 Å². The molecular formula is C22H23NO4S. The highest BCUT2D eigenvalue weighted by Gasteiger charge is 2.41. The normalized spacial score (nSPS) is 14.3. The Kier molecular flexibility index (Phi) is 5.79. The van der Waals surface area contributed by atoms with E-state index in [4.69, 9.17) is 9.47 Å². The van der Waals surface area contributed by atoms with E-state index in [9.17, 15) is 9.59 Å². The topological polar surface area (TPSA) is 55.8 Å². The van der Waals surface area contributed by atoms with Gasteiger partial charge in [0.25, 0.3) is 11.8 Å². The zero-order chi connectivity index (χ0) is 20.4. The third-order valence-corrected chi connectivity index (χ3v) is 5.45. The lowest BCUT2D eigenvalue weighted by molar-refractivity contribution is -0.119. The third kappa shape index (κ3) is 3.64. The van der Waals surface area contributed by atoms with Gasteiger partial charge in [-0.05, 0) is 24.6 Å². The van der Waals surface area contributed by atoms with E-state index in [1.807, 2.05) is 45.0 Å². The molecule has 0 saturated heterocycles. The summed E-state index contributed by atoms with van der Waals surface area (Å²) in [5.74, 6) is 0.312. The number of ether oxygens (including phenoxy) is 2. The van der Waals surface area contributed by atoms with Crippen LogP contribution >= 0.6 is 11.8 Å². The maximum atomic E-state index is 13.4. The Hall–Kier alpha value is -2.73. The van der Waals surface area contributed by atoms with Crippen molar-refractivity contribution in [1.29, 1.82) is 0 Å². The highest BCUT2D eigenvalue weighted by atomic mass is 32.2. The zero-order valence-electron chi connectivity index (χ0n) is 16.6. The van der Waals surface area contributed by atoms with E-state index < -0.39 is 0 Å². The Morgan fingerprint density at radius 1 is 0.929 bits per heavy atom. The van der Waals surface area contributed by atoms with Crippen LogP contribution in [-0.4, -0.2) is 31.3 Å². The van der Waals surface area contributed by atoms with Crippen LogP contribution in [0.15, 0.2) is 47.4 Å². The number of amides is 2. The fourth-order valence-electron chi connectivity index (χ4n) is 3.02. The van der Waals surface area contributed by atoms with Gasteiger partial charge in [-0.25, -0.2) is 4.90 Å². The van der Waals surface area contributed by atoms with Crippen LogP contribution in [0.2, 0.25) is 0 Å². The minimum absolute atomic E-state index is 0.157. The fourth-order valence-corrected chi connectivity index (χ4v) is 4.00. The minimum atomic E-state index is -0.347. The predicted molar refractivity (Wildman–Crippen MR) is 113 cm³/mol. The van der Waals surface area contributed by atoms with Crippen LogP contribution in [0.3, 0.4) is 0 Å². The predicted octanol–water partition coefficient (Wildman–Crippen LogP) is 4.44. The number of rotatable bonds is 6. The number of nitrogens with zero attached hydrogens (tertiary/aromatic N) is 1. The van der Waals surface area contributed by atoms with Gasteiger partial charge in [0.15, 0.2) is 0 Å². The Morgan fingerprint density at radius 2 is 1.61 bits per heavy atom. The second-order valence-electron chi connectivity index (χ2n) is 6.72. The van der Waals surface area contributed by atoms with Crippen molar-refractivity contribution in [2.24, 2.45) is 0 Å². The molecule has 1 heterocycles. The van der Waals surface area contributed by atoms with Gasteiger partial charge in [0.05, 0.1) is 30.4 Å². The summed E-state index contributed by atoms with van der Waals surface area (Å²) in [5.41, 5.74) is 2.67. The van der Waals surface area contributed by atoms with Crippen molar-refractivity contribution >= 4 is 34.8 Å². The number of anilines is 1. The number of benzene rings is 2. The van der Waals surface area contributed by atoms with Crippen LogP contribution in [0.4, 0.5) is 5.69 Å². The second-order valence-corrected chi connectivity index (χ2v) is 8.31. The van der Waals surface area contributed by atoms with Gasteiger partial charge in [-0.1, -0.05) is 43.7 Å². The van der Waals surface area contributed by atoms with Crippen molar-refractivity contribution in [2.75, 3.05) is 19.1 Å². The van der Waals surface area contributed by atoms with Crippen LogP contribution in [0.5, 0.6) is 11.5 Å². The molecule has 0 spiro atoms. The molecule has 1 aliphatic rings. The molecule has 2 amide bonds. The minimum Gasteiger partial charge on any atom is -0.497 e. The first-order valence-electron chi connectivity index (χ1n) is 8.96. The van der Waals surface area contributed by atoms with E-state index in [0.29, 0.717) is 27.7 Å². The van der Waals surface area contributed by atoms with Crippen molar-refractivity contribution in [3.05, 3.63) is 58.5 Å². The first kappa shape index (κ1) is 20.0. The van der Waals surface area contributed by atoms with Crippen molar-refractivity contribution in [3.8, 4) is 11.5 Å². The number of imide groups is 1. The maximum Gasteiger partial charge on any atom is 0.272 e. The lowest BCUT2D eigenvalue weighted by Gasteiger charge is -2.19. The summed E-state index contributed by atoms with van der Waals surface area (Å²) in [4.78, 5) is 28.3. The third-order valence-electron chi connectivity index (χ3n) is 4.36. The lowest BCUT2D eigenvalue weighted by atomic mass is 10.0. The number of hydrogen-bond acceptors (Lipinski definition) is 5. The van der Waals surface area contributed by atoms with E-state index in [2.05, 4.69) is 0 Å². The summed E-state index contributed by atoms with van der Waals surface area (Å²) in [6, 6.07) is 12.7. The molecular weight excluding hydrogens is 374 g/mol. The van der Waals surface area contributed by atoms with Gasteiger partial charge in [0, 0.05) is 11.3 Å². The van der Waals surface area contributed by atoms with Crippen molar-refractivity contribution in [2.45, 2.75) is 26.0 Å². The van der Waals surface area contributed by atoms with Crippen LogP contribution in [0.1, 0.15) is 25.0 Å². The molecule has 2 aromatic carbocycles. The summed E-state index contributed by atoms with van der Waals surface area (Å²) in [6.45, 7) is 5.98. The molecule has 5 nitrogen and oxygen atoms in total. The van der Waals surface area contributed by atoms with Crippen molar-refractivity contribution in [1.82, 2.24) is 0 Å². The number of hydrogen-bond donors (Lipinski definition) is 0. The quantitative estimate of drug-likeness (QED) is 0.675. The summed E-state index contributed by atoms with van der Waals surface area (Å²) < 4.78 is 10.6. The molecule has 0 fully saturated rings. The molecule has 0 radical (unpaired) electrons. The number of methoxy groups -OCH3 is 2. The molecule has 0 atom stereocenters. The summed E-state index contributed by atoms with van der Waals surface area (Å²) in [7, 11) is 3.05. The molecule has 0 saturated carbocycles. The van der Waals surface area contributed by atoms with Gasteiger partial charge in [-0.15, -0.1) is 11.8 Å². The van der Waals surface area contributed by atoms with Crippen molar-refractivity contribution < 1.29 is 19.1 Å². The summed E-state index contributed by atoms with van der Waals surface area (Å²) in [5, 5.41) is 0.157. The molecule has 0 aliphatic carbocycles. The SMILES string of the molecule is COc1ccc(N2C(=O)C(SC(C)C)=C(c3ccc(C)cc3)C2=O)c(OC)c1. The van der Waals surface area contributed by atoms with E-state index in [1.54, 1.807) is 25.3 Å². The molecule has 1 aliphatic heterocycles. The first-order valence-corrected chi connectivity index (χ1v) is 9.84. The van der Waals surface area contributed by atoms with Crippen LogP contribution in [0, 0.1) is 6.92 Å². The Labute approximate surface area is 169 Å². The van der Waals surface area contributed by atoms with Gasteiger partial charge in [-0.3, -0.25) is 9.59 Å². The molecule has 0 unspecified atom stereocenters. The first-order chi connectivity index (χ1) is 13.4. The summed E-state index contributed by atoms with van der Waals surface area (Å²) >= 11 is 1.40. The smallest absolute Gasteiger partial charge is 0.272 e. The molecule has 0 bridgehead atoms. The fraction of sp³-hybridized carbons (Fsp3) is 0.273. The van der Waals surface area contributed by atoms with Crippen LogP contribution in [-0.2, 0) is 9.59 Å². The number of carbonyl (C=O) groups excluding carboxylic acids is 2. The Morgan fingerprint density at radius 3 is 2.18 bits per heavy atom. The van der Waals surface area contributed by atoms with E-state index >= 15 is 0 Å². The largest absolute Gasteiger partial charge is 0.497 e. The second kappa shape index (κ2) is 8.10. The monoisotopic (exact) mass is 397 g/mol. The van der Waals surface area contributed by atoms with Crippen LogP contribution in [0.25, 0.3) is 5.57 Å². The number of carbonyl (C=O) groups is 2. The van der Waals surface area contributed by atoms with Gasteiger partial charge in [0.1, 0.15) is 11.5 Å². The average molecular weight is 397 g/mol. The average Bonchev–Trinajstić information content (AvgIpc) is 2.91. The number of thioether (sulfide) groups is 1. The molecule has 146 valence electrons. The van der Waals surface area contributed by atoms with Crippen molar-refractivity contribution in [3.63, 3.8) is 0 Å². The molecule has 6 heteroatoms. The van der Waals surface area contributed by atoms with Gasteiger partial charge < -0.3 is 9.47 Å². The molecule has 0 aromatic heterocycles. The Balaban J connectivity index is 2.12. The lowest BCUT2D eigenvalue weighted by Crippen LogP contribution is -2.31. The Bertz CT molecular complexity index is 948. The van der Waals surface area contributed by atoms with Gasteiger partial charge in [0.2, 0.25) is 0 Å². The molecule has 3 rings (SSSR count). The van der Waals surface area contributed by atoms with E-state index in [-0.39, 0.29) is 17.1 Å². The molecule has 0 N–H and O–H groups in total. The maximum absolute atomic E-state index is 13.4. The highest BCUT2D eigenvalue weighted by Crippen LogP contribution is 2.43. The summed E-state index contributed by atoms with van der Waals surface area (Å²) in [6.07, 6.45) is 0. The number of aryl methyl sites for hydroxylation is 1. The standard InChI is InChI=1S/C22H23NO4S/c1-13(2)28-20-19(15-8-6-14(3)7-9-15)21(24)23(22(20)25)17-11-10-16(26-4)12-18(17)27-5/h6-13H,1-5H3. The highest BCUT2D eigenvalue weighted by molar-refractivity contribution is 8.04. The molecule has 28 heavy (non-hydrogen) atoms. The van der Waals surface area contributed by atoms with E-state index in [0.717, 1.165) is 11.1 Å². The van der Waals surface area contributed by atoms with E-state index in [1.165, 1.54) is 23.8 Å². The molecule has 2 aromatic rings.